The third-order valence-corrected chi connectivity index (χ3v) is 5.82. The van der Waals surface area contributed by atoms with Gasteiger partial charge in [-0.2, -0.15) is 13.2 Å². The summed E-state index contributed by atoms with van der Waals surface area (Å²) >= 11 is 0. The molecule has 6 nitrogen and oxygen atoms in total. The van der Waals surface area contributed by atoms with Gasteiger partial charge in [0.2, 0.25) is 0 Å². The van der Waals surface area contributed by atoms with Crippen molar-refractivity contribution in [3.05, 3.63) is 53.7 Å². The number of carbonyl (C=O) groups is 1. The Morgan fingerprint density at radius 1 is 1.19 bits per heavy atom. The number of benzene rings is 1. The van der Waals surface area contributed by atoms with E-state index < -0.39 is 33.5 Å². The molecule has 2 aromatic rings. The SMILES string of the molecule is O=C(NC1CCS(=O)(=O)C1)c1ccc(Nc2cccc(C(F)(F)F)c2)nc1. The third kappa shape index (κ3) is 4.97. The Hall–Kier alpha value is -2.62. The Balaban J connectivity index is 1.64. The average Bonchev–Trinajstić information content (AvgIpc) is 2.93. The van der Waals surface area contributed by atoms with Crippen molar-refractivity contribution in [3.63, 3.8) is 0 Å². The Bertz CT molecular complexity index is 944. The van der Waals surface area contributed by atoms with E-state index in [4.69, 9.17) is 0 Å². The van der Waals surface area contributed by atoms with Gasteiger partial charge in [-0.15, -0.1) is 0 Å². The molecule has 1 aliphatic heterocycles. The topological polar surface area (TPSA) is 88.2 Å². The molecule has 2 N–H and O–H groups in total. The highest BCUT2D eigenvalue weighted by atomic mass is 32.2. The highest BCUT2D eigenvalue weighted by Gasteiger charge is 2.30. The number of halogens is 3. The van der Waals surface area contributed by atoms with Gasteiger partial charge in [0, 0.05) is 17.9 Å². The minimum absolute atomic E-state index is 0.0516. The van der Waals surface area contributed by atoms with Crippen LogP contribution < -0.4 is 10.6 Å². The van der Waals surface area contributed by atoms with Crippen LogP contribution in [0.5, 0.6) is 0 Å². The Kier molecular flexibility index (Phi) is 5.09. The first kappa shape index (κ1) is 19.2. The molecule has 2 heterocycles. The number of nitrogens with one attached hydrogen (secondary N) is 2. The van der Waals surface area contributed by atoms with Crippen LogP contribution in [0.1, 0.15) is 22.3 Å². The molecule has 0 bridgehead atoms. The number of alkyl halides is 3. The number of rotatable bonds is 4. The summed E-state index contributed by atoms with van der Waals surface area (Å²) in [6.07, 6.45) is -2.80. The standard InChI is InChI=1S/C17H16F3N3O3S/c18-17(19,20)12-2-1-3-13(8-12)22-15-5-4-11(9-21-15)16(24)23-14-6-7-27(25,26)10-14/h1-5,8-9,14H,6-7,10H2,(H,21,22)(H,23,24). The highest BCUT2D eigenvalue weighted by molar-refractivity contribution is 7.91. The van der Waals surface area contributed by atoms with E-state index in [0.717, 1.165) is 12.1 Å². The van der Waals surface area contributed by atoms with Crippen molar-refractivity contribution in [3.8, 4) is 0 Å². The highest BCUT2D eigenvalue weighted by Crippen LogP contribution is 2.31. The van der Waals surface area contributed by atoms with Crippen LogP contribution in [0.15, 0.2) is 42.6 Å². The molecular formula is C17H16F3N3O3S. The lowest BCUT2D eigenvalue weighted by atomic mass is 10.2. The lowest BCUT2D eigenvalue weighted by molar-refractivity contribution is -0.137. The van der Waals surface area contributed by atoms with Gasteiger partial charge in [-0.3, -0.25) is 4.79 Å². The van der Waals surface area contributed by atoms with E-state index in [0.29, 0.717) is 6.42 Å². The summed E-state index contributed by atoms with van der Waals surface area (Å²) in [5, 5.41) is 5.38. The van der Waals surface area contributed by atoms with E-state index >= 15 is 0 Å². The smallest absolute Gasteiger partial charge is 0.348 e. The lowest BCUT2D eigenvalue weighted by Crippen LogP contribution is -2.35. The van der Waals surface area contributed by atoms with Crippen molar-refractivity contribution < 1.29 is 26.4 Å². The zero-order valence-corrected chi connectivity index (χ0v) is 14.8. The van der Waals surface area contributed by atoms with Gasteiger partial charge >= 0.3 is 6.18 Å². The number of pyridine rings is 1. The number of sulfone groups is 1. The number of anilines is 2. The number of aromatic nitrogens is 1. The predicted octanol–water partition coefficient (Wildman–Crippen LogP) is 2.76. The maximum absolute atomic E-state index is 12.7. The number of nitrogens with zero attached hydrogens (tertiary/aromatic N) is 1. The largest absolute Gasteiger partial charge is 0.416 e. The summed E-state index contributed by atoms with van der Waals surface area (Å²) in [5.41, 5.74) is -0.338. The van der Waals surface area contributed by atoms with Gasteiger partial charge in [0.1, 0.15) is 5.82 Å². The molecule has 0 saturated carbocycles. The minimum atomic E-state index is -4.44. The first-order valence-corrected chi connectivity index (χ1v) is 9.86. The van der Waals surface area contributed by atoms with Crippen LogP contribution >= 0.6 is 0 Å². The van der Waals surface area contributed by atoms with Crippen LogP contribution in [-0.4, -0.2) is 36.9 Å². The monoisotopic (exact) mass is 399 g/mol. The number of amides is 1. The molecule has 1 atom stereocenters. The Labute approximate surface area is 153 Å². The van der Waals surface area contributed by atoms with Crippen molar-refractivity contribution in [1.29, 1.82) is 0 Å². The van der Waals surface area contributed by atoms with E-state index in [1.165, 1.54) is 30.5 Å². The molecule has 144 valence electrons. The van der Waals surface area contributed by atoms with Gasteiger partial charge in [0.15, 0.2) is 9.84 Å². The molecule has 1 aliphatic rings. The first-order chi connectivity index (χ1) is 12.6. The third-order valence-electron chi connectivity index (χ3n) is 4.06. The lowest BCUT2D eigenvalue weighted by Gasteiger charge is -2.12. The molecule has 3 rings (SSSR count). The maximum Gasteiger partial charge on any atom is 0.416 e. The minimum Gasteiger partial charge on any atom is -0.348 e. The van der Waals surface area contributed by atoms with Crippen LogP contribution in [0.25, 0.3) is 0 Å². The van der Waals surface area contributed by atoms with Gasteiger partial charge in [-0.1, -0.05) is 6.07 Å². The Morgan fingerprint density at radius 3 is 2.56 bits per heavy atom. The molecule has 1 amide bonds. The van der Waals surface area contributed by atoms with Gasteiger partial charge in [-0.25, -0.2) is 13.4 Å². The number of hydrogen-bond donors (Lipinski definition) is 2. The van der Waals surface area contributed by atoms with Crippen molar-refractivity contribution in [1.82, 2.24) is 10.3 Å². The Morgan fingerprint density at radius 2 is 1.96 bits per heavy atom. The molecule has 0 radical (unpaired) electrons. The summed E-state index contributed by atoms with van der Waals surface area (Å²) in [6, 6.07) is 7.17. The zero-order valence-electron chi connectivity index (χ0n) is 14.0. The fourth-order valence-corrected chi connectivity index (χ4v) is 4.37. The van der Waals surface area contributed by atoms with E-state index in [1.54, 1.807) is 0 Å². The van der Waals surface area contributed by atoms with Gasteiger partial charge in [-0.05, 0) is 36.8 Å². The number of hydrogen-bond acceptors (Lipinski definition) is 5. The number of carbonyl (C=O) groups excluding carboxylic acids is 1. The van der Waals surface area contributed by atoms with Crippen LogP contribution in [0.4, 0.5) is 24.7 Å². The van der Waals surface area contributed by atoms with Crippen LogP contribution in [0.3, 0.4) is 0 Å². The van der Waals surface area contributed by atoms with Gasteiger partial charge < -0.3 is 10.6 Å². The fraction of sp³-hybridized carbons (Fsp3) is 0.294. The molecular weight excluding hydrogens is 383 g/mol. The molecule has 1 aromatic heterocycles. The van der Waals surface area contributed by atoms with E-state index in [1.807, 2.05) is 0 Å². The molecule has 1 aromatic carbocycles. The summed E-state index contributed by atoms with van der Waals surface area (Å²) in [7, 11) is -3.10. The maximum atomic E-state index is 12.7. The molecule has 1 unspecified atom stereocenters. The normalized spacial score (nSPS) is 18.9. The second kappa shape index (κ2) is 7.18. The molecule has 1 saturated heterocycles. The fourth-order valence-electron chi connectivity index (χ4n) is 2.70. The van der Waals surface area contributed by atoms with E-state index in [-0.39, 0.29) is 28.6 Å². The average molecular weight is 399 g/mol. The van der Waals surface area contributed by atoms with E-state index in [9.17, 15) is 26.4 Å². The van der Waals surface area contributed by atoms with Gasteiger partial charge in [0.05, 0.1) is 22.6 Å². The van der Waals surface area contributed by atoms with Gasteiger partial charge in [0.25, 0.3) is 5.91 Å². The summed E-state index contributed by atoms with van der Waals surface area (Å²) in [6.45, 7) is 0. The molecule has 0 aliphatic carbocycles. The zero-order chi connectivity index (χ0) is 19.7. The predicted molar refractivity (Wildman–Crippen MR) is 93.5 cm³/mol. The molecule has 0 spiro atoms. The van der Waals surface area contributed by atoms with E-state index in [2.05, 4.69) is 15.6 Å². The van der Waals surface area contributed by atoms with Crippen molar-refractivity contribution >= 4 is 27.2 Å². The quantitative estimate of drug-likeness (QED) is 0.826. The second-order valence-corrected chi connectivity index (χ2v) is 8.44. The second-order valence-electron chi connectivity index (χ2n) is 6.21. The van der Waals surface area contributed by atoms with Crippen molar-refractivity contribution in [2.45, 2.75) is 18.6 Å². The van der Waals surface area contributed by atoms with Crippen LogP contribution in [0.2, 0.25) is 0 Å². The summed E-state index contributed by atoms with van der Waals surface area (Å²) in [5.74, 6) is -0.207. The summed E-state index contributed by atoms with van der Waals surface area (Å²) < 4.78 is 61.1. The van der Waals surface area contributed by atoms with Crippen LogP contribution in [0, 0.1) is 0 Å². The van der Waals surface area contributed by atoms with Crippen LogP contribution in [-0.2, 0) is 16.0 Å². The molecule has 1 fully saturated rings. The first-order valence-electron chi connectivity index (χ1n) is 8.04. The van der Waals surface area contributed by atoms with Crippen molar-refractivity contribution in [2.24, 2.45) is 0 Å². The van der Waals surface area contributed by atoms with Crippen molar-refractivity contribution in [2.75, 3.05) is 16.8 Å². The molecule has 10 heteroatoms. The summed E-state index contributed by atoms with van der Waals surface area (Å²) in [4.78, 5) is 16.2. The molecule has 27 heavy (non-hydrogen) atoms.